The minimum atomic E-state index is 0.0678. The number of nitrogens with zero attached hydrogens (tertiary/aromatic N) is 3. The second-order valence-electron chi connectivity index (χ2n) is 8.39. The molecule has 0 amide bonds. The van der Waals surface area contributed by atoms with E-state index in [1.54, 1.807) is 11.3 Å². The molecular weight excluding hydrogens is 346 g/mol. The predicted octanol–water partition coefficient (Wildman–Crippen LogP) is 2.26. The Kier molecular flexibility index (Phi) is 7.43. The lowest BCUT2D eigenvalue weighted by molar-refractivity contribution is -0.00833. The van der Waals surface area contributed by atoms with E-state index in [1.807, 2.05) is 7.05 Å². The van der Waals surface area contributed by atoms with Gasteiger partial charge in [-0.2, -0.15) is 0 Å². The summed E-state index contributed by atoms with van der Waals surface area (Å²) in [5.74, 6) is 0.846. The monoisotopic (exact) mass is 381 g/mol. The highest BCUT2D eigenvalue weighted by Crippen LogP contribution is 2.23. The van der Waals surface area contributed by atoms with Crippen molar-refractivity contribution in [1.82, 2.24) is 20.5 Å². The minimum absolute atomic E-state index is 0.0678. The van der Waals surface area contributed by atoms with Crippen molar-refractivity contribution in [2.45, 2.75) is 52.0 Å². The Hall–Kier alpha value is -1.18. The molecule has 1 saturated heterocycles. The van der Waals surface area contributed by atoms with E-state index in [1.165, 1.54) is 10.7 Å². The van der Waals surface area contributed by atoms with Crippen LogP contribution in [0.3, 0.4) is 0 Å². The van der Waals surface area contributed by atoms with Gasteiger partial charge in [0.25, 0.3) is 0 Å². The van der Waals surface area contributed by atoms with Crippen LogP contribution >= 0.6 is 11.3 Å². The molecule has 1 aromatic rings. The van der Waals surface area contributed by atoms with Crippen molar-refractivity contribution < 1.29 is 4.74 Å². The first-order chi connectivity index (χ1) is 12.2. The van der Waals surface area contributed by atoms with Crippen molar-refractivity contribution in [2.75, 3.05) is 46.4 Å². The molecule has 0 spiro atoms. The van der Waals surface area contributed by atoms with Crippen molar-refractivity contribution in [3.05, 3.63) is 16.1 Å². The van der Waals surface area contributed by atoms with Crippen molar-refractivity contribution in [1.29, 1.82) is 0 Å². The summed E-state index contributed by atoms with van der Waals surface area (Å²) in [4.78, 5) is 11.6. The van der Waals surface area contributed by atoms with E-state index in [0.717, 1.165) is 51.8 Å². The fraction of sp³-hybridized carbons (Fsp3) is 0.789. The highest BCUT2D eigenvalue weighted by atomic mass is 32.1. The average molecular weight is 382 g/mol. The first kappa shape index (κ1) is 21.1. The van der Waals surface area contributed by atoms with Gasteiger partial charge in [0.1, 0.15) is 0 Å². The fourth-order valence-corrected chi connectivity index (χ4v) is 3.88. The maximum absolute atomic E-state index is 5.46. The third-order valence-electron chi connectivity index (χ3n) is 4.73. The van der Waals surface area contributed by atoms with Gasteiger partial charge in [-0.1, -0.05) is 20.8 Å². The average Bonchev–Trinajstić information content (AvgIpc) is 3.08. The van der Waals surface area contributed by atoms with Crippen LogP contribution in [0.25, 0.3) is 0 Å². The first-order valence-corrected chi connectivity index (χ1v) is 10.3. The smallest absolute Gasteiger partial charge is 0.191 e. The van der Waals surface area contributed by atoms with Crippen LogP contribution in [0.4, 0.5) is 0 Å². The number of hydrogen-bond donors (Lipinski definition) is 2. The number of rotatable bonds is 6. The maximum Gasteiger partial charge on any atom is 0.191 e. The number of aliphatic imine (C=N–C) groups is 1. The van der Waals surface area contributed by atoms with Crippen molar-refractivity contribution in [3.8, 4) is 0 Å². The molecule has 0 bridgehead atoms. The summed E-state index contributed by atoms with van der Waals surface area (Å²) in [6.45, 7) is 16.4. The summed E-state index contributed by atoms with van der Waals surface area (Å²) in [5, 5.41) is 10.2. The largest absolute Gasteiger partial charge is 0.379 e. The molecule has 2 heterocycles. The Bertz CT molecular complexity index is 585. The molecule has 6 nitrogen and oxygen atoms in total. The lowest BCUT2D eigenvalue weighted by Crippen LogP contribution is -2.56. The van der Waals surface area contributed by atoms with Crippen LogP contribution in [0.2, 0.25) is 0 Å². The van der Waals surface area contributed by atoms with E-state index < -0.39 is 0 Å². The van der Waals surface area contributed by atoms with Gasteiger partial charge < -0.3 is 15.4 Å². The molecule has 0 unspecified atom stereocenters. The summed E-state index contributed by atoms with van der Waals surface area (Å²) in [6.07, 6.45) is 0.911. The van der Waals surface area contributed by atoms with Crippen LogP contribution in [0.5, 0.6) is 0 Å². The Balaban J connectivity index is 1.76. The fourth-order valence-electron chi connectivity index (χ4n) is 2.86. The number of nitrogens with one attached hydrogen (secondary N) is 2. The number of thiazole rings is 1. The second-order valence-corrected chi connectivity index (χ2v) is 9.33. The van der Waals surface area contributed by atoms with Crippen molar-refractivity contribution in [2.24, 2.45) is 4.99 Å². The zero-order valence-electron chi connectivity index (χ0n) is 17.2. The summed E-state index contributed by atoms with van der Waals surface area (Å²) < 4.78 is 5.46. The molecule has 7 heteroatoms. The SMILES string of the molecule is CN=C(NCCc1nc(C(C)(C)C)cs1)NCC(C)(C)N1CCOCC1. The lowest BCUT2D eigenvalue weighted by atomic mass is 9.93. The van der Waals surface area contributed by atoms with Gasteiger partial charge >= 0.3 is 0 Å². The zero-order valence-corrected chi connectivity index (χ0v) is 18.0. The van der Waals surface area contributed by atoms with Crippen molar-refractivity contribution >= 4 is 17.3 Å². The van der Waals surface area contributed by atoms with Gasteiger partial charge in [0.2, 0.25) is 0 Å². The maximum atomic E-state index is 5.46. The van der Waals surface area contributed by atoms with Gasteiger partial charge in [0.15, 0.2) is 5.96 Å². The van der Waals surface area contributed by atoms with Crippen molar-refractivity contribution in [3.63, 3.8) is 0 Å². The number of hydrogen-bond acceptors (Lipinski definition) is 5. The number of aromatic nitrogens is 1. The molecule has 0 radical (unpaired) electrons. The molecule has 1 aliphatic rings. The standard InChI is InChI=1S/C19H35N5OS/c1-18(2,3)15-13-26-16(23-15)7-8-21-17(20-6)22-14-19(4,5)24-9-11-25-12-10-24/h13H,7-12,14H2,1-6H3,(H2,20,21,22). The molecule has 0 atom stereocenters. The molecule has 1 fully saturated rings. The van der Waals surface area contributed by atoms with E-state index in [9.17, 15) is 0 Å². The molecular formula is C19H35N5OS. The zero-order chi connectivity index (χ0) is 19.2. The van der Waals surface area contributed by atoms with E-state index in [0.29, 0.717) is 0 Å². The van der Waals surface area contributed by atoms with Crippen LogP contribution < -0.4 is 10.6 Å². The summed E-state index contributed by atoms with van der Waals surface area (Å²) in [7, 11) is 1.82. The number of morpholine rings is 1. The number of guanidine groups is 1. The summed E-state index contributed by atoms with van der Waals surface area (Å²) in [6, 6.07) is 0. The topological polar surface area (TPSA) is 61.8 Å². The van der Waals surface area contributed by atoms with Gasteiger partial charge in [0.05, 0.1) is 23.9 Å². The van der Waals surface area contributed by atoms with Crippen LogP contribution in [0.1, 0.15) is 45.3 Å². The van der Waals surface area contributed by atoms with Crippen LogP contribution in [-0.4, -0.2) is 67.8 Å². The van der Waals surface area contributed by atoms with Gasteiger partial charge in [-0.15, -0.1) is 11.3 Å². The minimum Gasteiger partial charge on any atom is -0.379 e. The molecule has 26 heavy (non-hydrogen) atoms. The normalized spacial score (nSPS) is 17.4. The molecule has 1 aromatic heterocycles. The highest BCUT2D eigenvalue weighted by molar-refractivity contribution is 7.09. The molecule has 1 aliphatic heterocycles. The van der Waals surface area contributed by atoms with Gasteiger partial charge in [-0.3, -0.25) is 9.89 Å². The molecule has 2 rings (SSSR count). The summed E-state index contributed by atoms with van der Waals surface area (Å²) >= 11 is 1.74. The lowest BCUT2D eigenvalue weighted by Gasteiger charge is -2.41. The van der Waals surface area contributed by atoms with E-state index >= 15 is 0 Å². The van der Waals surface area contributed by atoms with Gasteiger partial charge in [0, 0.05) is 56.0 Å². The molecule has 0 saturated carbocycles. The van der Waals surface area contributed by atoms with Gasteiger partial charge in [-0.25, -0.2) is 4.98 Å². The van der Waals surface area contributed by atoms with E-state index in [2.05, 4.69) is 60.5 Å². The third-order valence-corrected chi connectivity index (χ3v) is 5.64. The first-order valence-electron chi connectivity index (χ1n) is 9.44. The number of ether oxygens (including phenoxy) is 1. The van der Waals surface area contributed by atoms with Crippen LogP contribution in [0.15, 0.2) is 10.4 Å². The third kappa shape index (κ3) is 6.21. The molecule has 2 N–H and O–H groups in total. The molecule has 0 aliphatic carbocycles. The summed E-state index contributed by atoms with van der Waals surface area (Å²) in [5.41, 5.74) is 1.36. The Morgan fingerprint density at radius 2 is 1.92 bits per heavy atom. The van der Waals surface area contributed by atoms with Crippen LogP contribution in [0, 0.1) is 0 Å². The highest BCUT2D eigenvalue weighted by Gasteiger charge is 2.28. The van der Waals surface area contributed by atoms with E-state index in [4.69, 9.17) is 9.72 Å². The Morgan fingerprint density at radius 1 is 1.23 bits per heavy atom. The quantitative estimate of drug-likeness (QED) is 0.585. The molecule has 0 aromatic carbocycles. The van der Waals surface area contributed by atoms with E-state index in [-0.39, 0.29) is 11.0 Å². The second kappa shape index (κ2) is 9.15. The van der Waals surface area contributed by atoms with Crippen LogP contribution in [-0.2, 0) is 16.6 Å². The Morgan fingerprint density at radius 3 is 2.50 bits per heavy atom. The van der Waals surface area contributed by atoms with Gasteiger partial charge in [-0.05, 0) is 13.8 Å². The Labute approximate surface area is 162 Å². The predicted molar refractivity (Wildman–Crippen MR) is 110 cm³/mol. The molecule has 148 valence electrons.